The van der Waals surface area contributed by atoms with Crippen molar-refractivity contribution in [1.82, 2.24) is 9.88 Å². The quantitative estimate of drug-likeness (QED) is 0.719. The third-order valence-electron chi connectivity index (χ3n) is 4.47. The van der Waals surface area contributed by atoms with Gasteiger partial charge in [-0.2, -0.15) is 0 Å². The van der Waals surface area contributed by atoms with Gasteiger partial charge in [0.2, 0.25) is 5.91 Å². The normalized spacial score (nSPS) is 13.3. The highest BCUT2D eigenvalue weighted by atomic mass is 16.3. The van der Waals surface area contributed by atoms with Gasteiger partial charge >= 0.3 is 0 Å². The topological polar surface area (TPSA) is 92.5 Å². The fourth-order valence-electron chi connectivity index (χ4n) is 3.16. The van der Waals surface area contributed by atoms with Gasteiger partial charge in [-0.05, 0) is 31.2 Å². The summed E-state index contributed by atoms with van der Waals surface area (Å²) in [4.78, 5) is 42.4. The van der Waals surface area contributed by atoms with Crippen LogP contribution in [0.3, 0.4) is 0 Å². The molecule has 1 aliphatic rings. The Morgan fingerprint density at radius 2 is 1.85 bits per heavy atom. The molecule has 2 aromatic carbocycles. The summed E-state index contributed by atoms with van der Waals surface area (Å²) >= 11 is 0. The van der Waals surface area contributed by atoms with Gasteiger partial charge < -0.3 is 9.73 Å². The molecule has 0 fully saturated rings. The van der Waals surface area contributed by atoms with Gasteiger partial charge in [0, 0.05) is 31.6 Å². The monoisotopic (exact) mass is 363 g/mol. The van der Waals surface area contributed by atoms with Gasteiger partial charge in [-0.15, -0.1) is 0 Å². The molecule has 7 nitrogen and oxygen atoms in total. The van der Waals surface area contributed by atoms with Gasteiger partial charge in [0.15, 0.2) is 11.5 Å². The van der Waals surface area contributed by atoms with Gasteiger partial charge in [0.05, 0.1) is 11.1 Å². The summed E-state index contributed by atoms with van der Waals surface area (Å²) < 4.78 is 5.45. The minimum absolute atomic E-state index is 0.0118. The number of amides is 3. The fraction of sp³-hybridized carbons (Fsp3) is 0.200. The molecule has 136 valence electrons. The Kier molecular flexibility index (Phi) is 3.99. The molecule has 0 aliphatic carbocycles. The number of hydrogen-bond donors (Lipinski definition) is 1. The average Bonchev–Trinajstić information content (AvgIpc) is 3.10. The van der Waals surface area contributed by atoms with Crippen molar-refractivity contribution in [2.75, 3.05) is 11.9 Å². The molecule has 0 bridgehead atoms. The number of oxazole rings is 1. The number of nitrogens with one attached hydrogen (secondary N) is 1. The standard InChI is InChI=1S/C20H17N3O4/c1-11-3-5-14-15(9-11)20(26)23(19(14)25)8-7-18(24)22-13-4-6-16-17(10-13)27-12(2)21-16/h3-6,9-10H,7-8H2,1-2H3,(H,22,24). The molecule has 0 spiro atoms. The first-order valence-electron chi connectivity index (χ1n) is 8.56. The van der Waals surface area contributed by atoms with Gasteiger partial charge in [-0.25, -0.2) is 4.98 Å². The molecule has 1 aromatic heterocycles. The fourth-order valence-corrected chi connectivity index (χ4v) is 3.16. The lowest BCUT2D eigenvalue weighted by molar-refractivity contribution is -0.116. The molecule has 1 aliphatic heterocycles. The summed E-state index contributed by atoms with van der Waals surface area (Å²) in [5.41, 5.74) is 3.56. The van der Waals surface area contributed by atoms with Gasteiger partial charge in [0.1, 0.15) is 5.52 Å². The smallest absolute Gasteiger partial charge is 0.261 e. The van der Waals surface area contributed by atoms with Crippen molar-refractivity contribution in [2.24, 2.45) is 0 Å². The number of imide groups is 1. The third kappa shape index (κ3) is 3.08. The Morgan fingerprint density at radius 1 is 1.07 bits per heavy atom. The maximum atomic E-state index is 12.4. The number of fused-ring (bicyclic) bond motifs is 2. The number of benzene rings is 2. The number of rotatable bonds is 4. The Morgan fingerprint density at radius 3 is 2.67 bits per heavy atom. The second-order valence-corrected chi connectivity index (χ2v) is 6.52. The predicted octanol–water partition coefficient (Wildman–Crippen LogP) is 3.07. The number of carbonyl (C=O) groups is 3. The largest absolute Gasteiger partial charge is 0.441 e. The number of carbonyl (C=O) groups excluding carboxylic acids is 3. The lowest BCUT2D eigenvalue weighted by Crippen LogP contribution is -2.32. The van der Waals surface area contributed by atoms with Crippen LogP contribution in [0.25, 0.3) is 11.1 Å². The maximum absolute atomic E-state index is 12.4. The molecule has 0 saturated carbocycles. The summed E-state index contributed by atoms with van der Waals surface area (Å²) in [6.45, 7) is 3.64. The molecule has 4 rings (SSSR count). The Hall–Kier alpha value is -3.48. The SMILES string of the molecule is Cc1ccc2c(c1)C(=O)N(CCC(=O)Nc1ccc3nc(C)oc3c1)C2=O. The molecule has 0 unspecified atom stereocenters. The van der Waals surface area contributed by atoms with E-state index in [2.05, 4.69) is 10.3 Å². The molecule has 7 heteroatoms. The first-order chi connectivity index (χ1) is 12.9. The van der Waals surface area contributed by atoms with Crippen molar-refractivity contribution in [1.29, 1.82) is 0 Å². The van der Waals surface area contributed by atoms with Crippen LogP contribution in [-0.4, -0.2) is 34.2 Å². The van der Waals surface area contributed by atoms with E-state index >= 15 is 0 Å². The van der Waals surface area contributed by atoms with Gasteiger partial charge in [-0.3, -0.25) is 19.3 Å². The second kappa shape index (κ2) is 6.35. The molecule has 0 radical (unpaired) electrons. The average molecular weight is 363 g/mol. The van der Waals surface area contributed by atoms with Crippen molar-refractivity contribution >= 4 is 34.5 Å². The highest BCUT2D eigenvalue weighted by Gasteiger charge is 2.35. The van der Waals surface area contributed by atoms with E-state index in [0.29, 0.717) is 33.8 Å². The van der Waals surface area contributed by atoms with Crippen LogP contribution in [-0.2, 0) is 4.79 Å². The first-order valence-corrected chi connectivity index (χ1v) is 8.56. The van der Waals surface area contributed by atoms with Crippen LogP contribution in [0.15, 0.2) is 40.8 Å². The van der Waals surface area contributed by atoms with Crippen molar-refractivity contribution in [2.45, 2.75) is 20.3 Å². The summed E-state index contributed by atoms with van der Waals surface area (Å²) in [7, 11) is 0. The predicted molar refractivity (Wildman–Crippen MR) is 98.5 cm³/mol. The zero-order valence-electron chi connectivity index (χ0n) is 14.9. The number of hydrogen-bond acceptors (Lipinski definition) is 5. The number of aryl methyl sites for hydroxylation is 2. The van der Waals surface area contributed by atoms with Crippen molar-refractivity contribution in [3.8, 4) is 0 Å². The summed E-state index contributed by atoms with van der Waals surface area (Å²) in [5.74, 6) is -0.459. The van der Waals surface area contributed by atoms with E-state index in [-0.39, 0.29) is 30.7 Å². The lowest BCUT2D eigenvalue weighted by atomic mass is 10.1. The lowest BCUT2D eigenvalue weighted by Gasteiger charge is -2.13. The Labute approximate surface area is 155 Å². The van der Waals surface area contributed by atoms with Crippen molar-refractivity contribution in [3.05, 3.63) is 59.0 Å². The maximum Gasteiger partial charge on any atom is 0.261 e. The number of anilines is 1. The summed E-state index contributed by atoms with van der Waals surface area (Å²) in [6.07, 6.45) is 0.0118. The highest BCUT2D eigenvalue weighted by molar-refractivity contribution is 6.21. The molecule has 27 heavy (non-hydrogen) atoms. The van der Waals surface area contributed by atoms with E-state index < -0.39 is 0 Å². The van der Waals surface area contributed by atoms with Crippen LogP contribution in [0.1, 0.15) is 38.6 Å². The number of aromatic nitrogens is 1. The van der Waals surface area contributed by atoms with Crippen LogP contribution in [0.2, 0.25) is 0 Å². The third-order valence-corrected chi connectivity index (χ3v) is 4.47. The highest BCUT2D eigenvalue weighted by Crippen LogP contribution is 2.24. The molecule has 3 aromatic rings. The van der Waals surface area contributed by atoms with Crippen LogP contribution in [0, 0.1) is 13.8 Å². The zero-order valence-corrected chi connectivity index (χ0v) is 14.9. The van der Waals surface area contributed by atoms with E-state index in [9.17, 15) is 14.4 Å². The molecule has 0 saturated heterocycles. The second-order valence-electron chi connectivity index (χ2n) is 6.52. The molecule has 0 atom stereocenters. The van der Waals surface area contributed by atoms with Gasteiger partial charge in [-0.1, -0.05) is 11.6 Å². The van der Waals surface area contributed by atoms with E-state index in [1.165, 1.54) is 0 Å². The number of nitrogens with zero attached hydrogens (tertiary/aromatic N) is 2. The van der Waals surface area contributed by atoms with Crippen LogP contribution in [0.4, 0.5) is 5.69 Å². The van der Waals surface area contributed by atoms with E-state index in [1.807, 2.05) is 6.92 Å². The minimum Gasteiger partial charge on any atom is -0.441 e. The summed E-state index contributed by atoms with van der Waals surface area (Å²) in [5, 5.41) is 2.75. The molecule has 1 N–H and O–H groups in total. The van der Waals surface area contributed by atoms with Gasteiger partial charge in [0.25, 0.3) is 11.8 Å². The van der Waals surface area contributed by atoms with Crippen LogP contribution >= 0.6 is 0 Å². The van der Waals surface area contributed by atoms with E-state index in [4.69, 9.17) is 4.42 Å². The Bertz CT molecular complexity index is 1100. The molecular formula is C20H17N3O4. The summed E-state index contributed by atoms with van der Waals surface area (Å²) in [6, 6.07) is 10.3. The van der Waals surface area contributed by atoms with E-state index in [0.717, 1.165) is 10.5 Å². The van der Waals surface area contributed by atoms with Crippen molar-refractivity contribution in [3.63, 3.8) is 0 Å². The van der Waals surface area contributed by atoms with Crippen LogP contribution < -0.4 is 5.32 Å². The molecule has 2 heterocycles. The Balaban J connectivity index is 1.41. The van der Waals surface area contributed by atoms with Crippen LogP contribution in [0.5, 0.6) is 0 Å². The zero-order chi connectivity index (χ0) is 19.1. The van der Waals surface area contributed by atoms with Crippen molar-refractivity contribution < 1.29 is 18.8 Å². The molecule has 3 amide bonds. The molecular weight excluding hydrogens is 346 g/mol. The van der Waals surface area contributed by atoms with E-state index in [1.54, 1.807) is 43.3 Å². The first kappa shape index (κ1) is 17.0. The minimum atomic E-state index is -0.360.